The molecule has 2 amide bonds. The molecule has 1 N–H and O–H groups in total. The minimum Gasteiger partial charge on any atom is -0.452 e. The highest BCUT2D eigenvalue weighted by atomic mass is 32.1. The van der Waals surface area contributed by atoms with Gasteiger partial charge in [0, 0.05) is 36.8 Å². The molecule has 0 atom stereocenters. The van der Waals surface area contributed by atoms with Gasteiger partial charge < -0.3 is 19.7 Å². The summed E-state index contributed by atoms with van der Waals surface area (Å²) in [7, 11) is 0. The molecule has 136 valence electrons. The van der Waals surface area contributed by atoms with Crippen molar-refractivity contribution in [2.75, 3.05) is 26.3 Å². The van der Waals surface area contributed by atoms with Crippen LogP contribution in [0, 0.1) is 0 Å². The molecule has 1 aliphatic heterocycles. The third-order valence-corrected chi connectivity index (χ3v) is 4.29. The quantitative estimate of drug-likeness (QED) is 0.603. The Morgan fingerprint density at radius 1 is 1.36 bits per heavy atom. The lowest BCUT2D eigenvalue weighted by atomic mass is 10.1. The number of carbonyl (C=O) groups excluding carboxylic acids is 3. The highest BCUT2D eigenvalue weighted by molar-refractivity contribution is 7.10. The second-order valence-electron chi connectivity index (χ2n) is 5.34. The first-order valence-corrected chi connectivity index (χ1v) is 8.92. The highest BCUT2D eigenvalue weighted by Gasteiger charge is 2.24. The van der Waals surface area contributed by atoms with E-state index in [1.54, 1.807) is 23.4 Å². The van der Waals surface area contributed by atoms with Crippen LogP contribution in [0.1, 0.15) is 24.8 Å². The maximum Gasteiger partial charge on any atom is 0.409 e. The molecule has 0 radical (unpaired) electrons. The number of amides is 2. The van der Waals surface area contributed by atoms with Crippen LogP contribution >= 0.6 is 11.3 Å². The van der Waals surface area contributed by atoms with E-state index >= 15 is 0 Å². The van der Waals surface area contributed by atoms with Crippen molar-refractivity contribution in [1.29, 1.82) is 0 Å². The van der Waals surface area contributed by atoms with Crippen molar-refractivity contribution in [3.05, 3.63) is 22.7 Å². The number of rotatable bonds is 6. The molecule has 0 aromatic carbocycles. The number of thiazole rings is 1. The molecule has 0 saturated carbocycles. The van der Waals surface area contributed by atoms with Crippen molar-refractivity contribution in [2.24, 2.45) is 0 Å². The molecule has 0 spiro atoms. The van der Waals surface area contributed by atoms with Crippen molar-refractivity contribution in [3.8, 4) is 0 Å². The summed E-state index contributed by atoms with van der Waals surface area (Å²) >= 11 is 1.40. The van der Waals surface area contributed by atoms with Crippen molar-refractivity contribution >= 4 is 35.4 Å². The molecule has 1 aromatic rings. The van der Waals surface area contributed by atoms with Crippen LogP contribution < -0.4 is 5.32 Å². The van der Waals surface area contributed by atoms with E-state index in [0.29, 0.717) is 37.5 Å². The summed E-state index contributed by atoms with van der Waals surface area (Å²) in [6.45, 7) is 2.83. The van der Waals surface area contributed by atoms with Gasteiger partial charge in [0.15, 0.2) is 6.61 Å². The predicted octanol–water partition coefficient (Wildman–Crippen LogP) is 1.44. The highest BCUT2D eigenvalue weighted by Crippen LogP contribution is 2.11. The first-order chi connectivity index (χ1) is 12.1. The number of hydrogen-bond acceptors (Lipinski definition) is 7. The van der Waals surface area contributed by atoms with Gasteiger partial charge in [0.1, 0.15) is 5.01 Å². The summed E-state index contributed by atoms with van der Waals surface area (Å²) in [6, 6.07) is -0.0391. The molecular weight excluding hydrogens is 346 g/mol. The van der Waals surface area contributed by atoms with Crippen LogP contribution in [-0.4, -0.2) is 60.2 Å². The second kappa shape index (κ2) is 9.77. The Morgan fingerprint density at radius 2 is 2.12 bits per heavy atom. The summed E-state index contributed by atoms with van der Waals surface area (Å²) in [4.78, 5) is 40.6. The van der Waals surface area contributed by atoms with E-state index in [4.69, 9.17) is 9.47 Å². The summed E-state index contributed by atoms with van der Waals surface area (Å²) in [5.74, 6) is -0.951. The summed E-state index contributed by atoms with van der Waals surface area (Å²) in [5.41, 5.74) is 0. The minimum absolute atomic E-state index is 0.0391. The van der Waals surface area contributed by atoms with E-state index in [0.717, 1.165) is 0 Å². The second-order valence-corrected chi connectivity index (χ2v) is 6.27. The first-order valence-electron chi connectivity index (χ1n) is 8.04. The van der Waals surface area contributed by atoms with E-state index in [2.05, 4.69) is 10.3 Å². The molecule has 2 rings (SSSR count). The monoisotopic (exact) mass is 367 g/mol. The fraction of sp³-hybridized carbons (Fsp3) is 0.500. The number of hydrogen-bond donors (Lipinski definition) is 1. The number of ether oxygens (including phenoxy) is 2. The molecule has 25 heavy (non-hydrogen) atoms. The largest absolute Gasteiger partial charge is 0.452 e. The van der Waals surface area contributed by atoms with Crippen LogP contribution in [0.4, 0.5) is 4.79 Å². The Balaban J connectivity index is 1.64. The summed E-state index contributed by atoms with van der Waals surface area (Å²) < 4.78 is 9.83. The lowest BCUT2D eigenvalue weighted by Crippen LogP contribution is -2.47. The Kier molecular flexibility index (Phi) is 7.39. The molecule has 0 bridgehead atoms. The number of likely N-dealkylation sites (tertiary alicyclic amines) is 1. The van der Waals surface area contributed by atoms with Gasteiger partial charge in [0.2, 0.25) is 0 Å². The summed E-state index contributed by atoms with van der Waals surface area (Å²) in [6.07, 6.45) is 5.37. The first kappa shape index (κ1) is 18.9. The number of carbonyl (C=O) groups is 3. The molecule has 0 aliphatic carbocycles. The Bertz CT molecular complexity index is 609. The van der Waals surface area contributed by atoms with Gasteiger partial charge in [-0.05, 0) is 25.8 Å². The van der Waals surface area contributed by atoms with Crippen LogP contribution in [0.2, 0.25) is 0 Å². The number of nitrogens with zero attached hydrogens (tertiary/aromatic N) is 2. The van der Waals surface area contributed by atoms with E-state index < -0.39 is 5.97 Å². The molecule has 8 nitrogen and oxygen atoms in total. The lowest BCUT2D eigenvalue weighted by molar-refractivity contribution is -0.144. The maximum absolute atomic E-state index is 11.8. The third kappa shape index (κ3) is 6.54. The van der Waals surface area contributed by atoms with Crippen LogP contribution in [0.5, 0.6) is 0 Å². The molecule has 9 heteroatoms. The van der Waals surface area contributed by atoms with Gasteiger partial charge in [0.05, 0.1) is 6.61 Å². The van der Waals surface area contributed by atoms with Crippen molar-refractivity contribution < 1.29 is 23.9 Å². The molecule has 2 heterocycles. The van der Waals surface area contributed by atoms with Crippen LogP contribution in [-0.2, 0) is 19.1 Å². The van der Waals surface area contributed by atoms with Gasteiger partial charge in [0.25, 0.3) is 5.91 Å². The Labute approximate surface area is 149 Å². The minimum atomic E-state index is -0.595. The average molecular weight is 367 g/mol. The van der Waals surface area contributed by atoms with Crippen molar-refractivity contribution in [2.45, 2.75) is 25.8 Å². The number of esters is 1. The zero-order chi connectivity index (χ0) is 18.1. The van der Waals surface area contributed by atoms with E-state index in [9.17, 15) is 14.4 Å². The number of piperidine rings is 1. The fourth-order valence-corrected chi connectivity index (χ4v) is 2.86. The molecule has 1 aromatic heterocycles. The summed E-state index contributed by atoms with van der Waals surface area (Å²) in [5, 5.41) is 5.29. The average Bonchev–Trinajstić information content (AvgIpc) is 3.12. The standard InChI is InChI=1S/C16H21N3O5S/c1-2-23-16(22)19-8-5-12(6-9-19)18-13(20)11-24-15(21)4-3-14-17-7-10-25-14/h3-4,7,10,12H,2,5-6,8-9,11H2,1H3,(H,18,20)/b4-3+. The Morgan fingerprint density at radius 3 is 2.76 bits per heavy atom. The SMILES string of the molecule is CCOC(=O)N1CCC(NC(=O)COC(=O)/C=C/c2nccs2)CC1. The normalized spacial score (nSPS) is 15.2. The van der Waals surface area contributed by atoms with Gasteiger partial charge in [-0.15, -0.1) is 11.3 Å². The van der Waals surface area contributed by atoms with Gasteiger partial charge in [-0.2, -0.15) is 0 Å². The zero-order valence-corrected chi connectivity index (χ0v) is 14.8. The van der Waals surface area contributed by atoms with Crippen molar-refractivity contribution in [1.82, 2.24) is 15.2 Å². The molecular formula is C16H21N3O5S. The van der Waals surface area contributed by atoms with Crippen LogP contribution in [0.15, 0.2) is 17.7 Å². The van der Waals surface area contributed by atoms with Gasteiger partial charge in [-0.3, -0.25) is 4.79 Å². The van der Waals surface area contributed by atoms with Crippen LogP contribution in [0.25, 0.3) is 6.08 Å². The fourth-order valence-electron chi connectivity index (χ4n) is 2.33. The maximum atomic E-state index is 11.8. The molecule has 0 unspecified atom stereocenters. The van der Waals surface area contributed by atoms with Crippen LogP contribution in [0.3, 0.4) is 0 Å². The van der Waals surface area contributed by atoms with Gasteiger partial charge in [-0.1, -0.05) is 0 Å². The van der Waals surface area contributed by atoms with Gasteiger partial charge >= 0.3 is 12.1 Å². The van der Waals surface area contributed by atoms with Gasteiger partial charge in [-0.25, -0.2) is 14.6 Å². The van der Waals surface area contributed by atoms with E-state index in [-0.39, 0.29) is 24.6 Å². The predicted molar refractivity (Wildman–Crippen MR) is 91.9 cm³/mol. The number of aromatic nitrogens is 1. The van der Waals surface area contributed by atoms with E-state index in [1.807, 2.05) is 0 Å². The van der Waals surface area contributed by atoms with Crippen molar-refractivity contribution in [3.63, 3.8) is 0 Å². The molecule has 1 fully saturated rings. The third-order valence-electron chi connectivity index (χ3n) is 3.55. The molecule has 1 saturated heterocycles. The number of nitrogens with one attached hydrogen (secondary N) is 1. The smallest absolute Gasteiger partial charge is 0.409 e. The Hall–Kier alpha value is -2.42. The zero-order valence-electron chi connectivity index (χ0n) is 14.0. The lowest BCUT2D eigenvalue weighted by Gasteiger charge is -2.31. The topological polar surface area (TPSA) is 97.8 Å². The molecule has 1 aliphatic rings. The van der Waals surface area contributed by atoms with E-state index in [1.165, 1.54) is 23.5 Å².